The highest BCUT2D eigenvalue weighted by Gasteiger charge is 2.28. The van der Waals surface area contributed by atoms with Gasteiger partial charge in [-0.25, -0.2) is 0 Å². The summed E-state index contributed by atoms with van der Waals surface area (Å²) in [6, 6.07) is 8.55. The molecule has 3 atom stereocenters. The quantitative estimate of drug-likeness (QED) is 0.838. The molecule has 1 heteroatoms. The maximum Gasteiger partial charge on any atom is 0.0608 e. The molecule has 2 rings (SSSR count). The molecule has 1 saturated carbocycles. The third kappa shape index (κ3) is 3.32. The third-order valence-electron chi connectivity index (χ3n) is 4.27. The zero-order chi connectivity index (χ0) is 12.3. The second-order valence-electron chi connectivity index (χ2n) is 5.60. The van der Waals surface area contributed by atoms with Crippen molar-refractivity contribution < 1.29 is 5.11 Å². The number of hydrogen-bond donors (Lipinski definition) is 1. The van der Waals surface area contributed by atoms with E-state index in [4.69, 9.17) is 0 Å². The van der Waals surface area contributed by atoms with Crippen LogP contribution in [0.1, 0.15) is 43.7 Å². The highest BCUT2D eigenvalue weighted by molar-refractivity contribution is 5.21. The van der Waals surface area contributed by atoms with E-state index in [0.29, 0.717) is 5.92 Å². The van der Waals surface area contributed by atoms with E-state index in [1.807, 2.05) is 0 Å². The average Bonchev–Trinajstić information content (AvgIpc) is 2.81. The van der Waals surface area contributed by atoms with E-state index in [9.17, 15) is 5.11 Å². The molecule has 0 amide bonds. The van der Waals surface area contributed by atoms with Crippen LogP contribution in [0.5, 0.6) is 0 Å². The van der Waals surface area contributed by atoms with Gasteiger partial charge in [0.2, 0.25) is 0 Å². The average molecular weight is 232 g/mol. The van der Waals surface area contributed by atoms with Crippen molar-refractivity contribution in [2.24, 2.45) is 11.8 Å². The van der Waals surface area contributed by atoms with Crippen molar-refractivity contribution in [3.8, 4) is 0 Å². The summed E-state index contributed by atoms with van der Waals surface area (Å²) < 4.78 is 0. The zero-order valence-electron chi connectivity index (χ0n) is 11.0. The van der Waals surface area contributed by atoms with Crippen molar-refractivity contribution in [2.75, 3.05) is 0 Å². The molecule has 0 aromatic heterocycles. The number of benzene rings is 1. The molecule has 3 unspecified atom stereocenters. The van der Waals surface area contributed by atoms with Crippen LogP contribution < -0.4 is 0 Å². The van der Waals surface area contributed by atoms with Crippen molar-refractivity contribution in [1.29, 1.82) is 0 Å². The number of hydrogen-bond acceptors (Lipinski definition) is 1. The summed E-state index contributed by atoms with van der Waals surface area (Å²) in [7, 11) is 0. The Morgan fingerprint density at radius 1 is 1.24 bits per heavy atom. The monoisotopic (exact) mass is 232 g/mol. The van der Waals surface area contributed by atoms with Gasteiger partial charge in [-0.3, -0.25) is 0 Å². The van der Waals surface area contributed by atoms with Gasteiger partial charge in [0.05, 0.1) is 6.10 Å². The maximum atomic E-state index is 10.3. The van der Waals surface area contributed by atoms with E-state index in [1.54, 1.807) is 0 Å². The standard InChI is InChI=1S/C16H24O/c1-3-13-8-9-15(10-13)16(17)11-14-6-4-12(2)5-7-14/h4-7,13,15-17H,3,8-11H2,1-2H3. The first-order valence-corrected chi connectivity index (χ1v) is 6.92. The minimum absolute atomic E-state index is 0.144. The molecule has 1 fully saturated rings. The van der Waals surface area contributed by atoms with E-state index in [1.165, 1.54) is 36.8 Å². The predicted molar refractivity (Wildman–Crippen MR) is 72.0 cm³/mol. The molecule has 1 aromatic carbocycles. The predicted octanol–water partition coefficient (Wildman–Crippen LogP) is 3.72. The summed E-state index contributed by atoms with van der Waals surface area (Å²) in [6.07, 6.45) is 5.70. The molecule has 0 spiro atoms. The van der Waals surface area contributed by atoms with Crippen LogP contribution in [0.3, 0.4) is 0 Å². The lowest BCUT2D eigenvalue weighted by atomic mass is 9.93. The fraction of sp³-hybridized carbons (Fsp3) is 0.625. The lowest BCUT2D eigenvalue weighted by Gasteiger charge is -2.18. The normalized spacial score (nSPS) is 26.1. The lowest BCUT2D eigenvalue weighted by molar-refractivity contribution is 0.108. The second kappa shape index (κ2) is 5.68. The minimum Gasteiger partial charge on any atom is -0.392 e. The molecule has 1 aliphatic carbocycles. The van der Waals surface area contributed by atoms with Gasteiger partial charge in [0.25, 0.3) is 0 Å². The van der Waals surface area contributed by atoms with Crippen LogP contribution >= 0.6 is 0 Å². The largest absolute Gasteiger partial charge is 0.392 e. The molecule has 0 bridgehead atoms. The van der Waals surface area contributed by atoms with Gasteiger partial charge < -0.3 is 5.11 Å². The van der Waals surface area contributed by atoms with Gasteiger partial charge in [0.1, 0.15) is 0 Å². The molecule has 0 aliphatic heterocycles. The first kappa shape index (κ1) is 12.6. The van der Waals surface area contributed by atoms with E-state index in [2.05, 4.69) is 38.1 Å². The van der Waals surface area contributed by atoms with Gasteiger partial charge >= 0.3 is 0 Å². The second-order valence-corrected chi connectivity index (χ2v) is 5.60. The molecular formula is C16H24O. The summed E-state index contributed by atoms with van der Waals surface area (Å²) in [5.74, 6) is 1.38. The molecule has 94 valence electrons. The molecule has 0 heterocycles. The topological polar surface area (TPSA) is 20.2 Å². The van der Waals surface area contributed by atoms with Gasteiger partial charge in [-0.1, -0.05) is 49.6 Å². The first-order valence-electron chi connectivity index (χ1n) is 6.92. The van der Waals surface area contributed by atoms with Crippen LogP contribution in [0, 0.1) is 18.8 Å². The molecule has 1 aliphatic rings. The lowest BCUT2D eigenvalue weighted by Crippen LogP contribution is -2.20. The Kier molecular flexibility index (Phi) is 4.22. The van der Waals surface area contributed by atoms with Crippen molar-refractivity contribution >= 4 is 0 Å². The molecule has 1 aromatic rings. The summed E-state index contributed by atoms with van der Waals surface area (Å²) in [4.78, 5) is 0. The summed E-state index contributed by atoms with van der Waals surface area (Å²) in [6.45, 7) is 4.36. The number of aliphatic hydroxyl groups is 1. The van der Waals surface area contributed by atoms with Crippen LogP contribution in [0.15, 0.2) is 24.3 Å². The fourth-order valence-corrected chi connectivity index (χ4v) is 2.97. The van der Waals surface area contributed by atoms with Crippen molar-refractivity contribution in [1.82, 2.24) is 0 Å². The number of aliphatic hydroxyl groups excluding tert-OH is 1. The Morgan fingerprint density at radius 2 is 1.94 bits per heavy atom. The Morgan fingerprint density at radius 3 is 2.53 bits per heavy atom. The minimum atomic E-state index is -0.144. The van der Waals surface area contributed by atoms with Gasteiger partial charge in [-0.15, -0.1) is 0 Å². The van der Waals surface area contributed by atoms with Gasteiger partial charge in [-0.2, -0.15) is 0 Å². The van der Waals surface area contributed by atoms with Crippen LogP contribution in [0.2, 0.25) is 0 Å². The van der Waals surface area contributed by atoms with Crippen LogP contribution in [0.4, 0.5) is 0 Å². The SMILES string of the molecule is CCC1CCC(C(O)Cc2ccc(C)cc2)C1. The molecular weight excluding hydrogens is 208 g/mol. The van der Waals surface area contributed by atoms with E-state index in [0.717, 1.165) is 12.3 Å². The highest BCUT2D eigenvalue weighted by atomic mass is 16.3. The molecule has 0 radical (unpaired) electrons. The third-order valence-corrected chi connectivity index (χ3v) is 4.27. The summed E-state index contributed by atoms with van der Waals surface area (Å²) in [5.41, 5.74) is 2.55. The van der Waals surface area contributed by atoms with Crippen molar-refractivity contribution in [3.63, 3.8) is 0 Å². The Bertz CT molecular complexity index is 341. The van der Waals surface area contributed by atoms with Gasteiger partial charge in [0, 0.05) is 0 Å². The maximum absolute atomic E-state index is 10.3. The number of aryl methyl sites for hydroxylation is 1. The summed E-state index contributed by atoms with van der Waals surface area (Å²) >= 11 is 0. The first-order chi connectivity index (χ1) is 8.19. The molecule has 0 saturated heterocycles. The van der Waals surface area contributed by atoms with Gasteiger partial charge in [0.15, 0.2) is 0 Å². The van der Waals surface area contributed by atoms with Crippen molar-refractivity contribution in [3.05, 3.63) is 35.4 Å². The van der Waals surface area contributed by atoms with Crippen molar-refractivity contribution in [2.45, 2.75) is 52.1 Å². The Hall–Kier alpha value is -0.820. The van der Waals surface area contributed by atoms with E-state index in [-0.39, 0.29) is 6.10 Å². The fourth-order valence-electron chi connectivity index (χ4n) is 2.97. The molecule has 17 heavy (non-hydrogen) atoms. The molecule has 1 N–H and O–H groups in total. The van der Waals surface area contributed by atoms with Gasteiger partial charge in [-0.05, 0) is 43.6 Å². The Labute approximate surface area is 105 Å². The van der Waals surface area contributed by atoms with E-state index >= 15 is 0 Å². The van der Waals surface area contributed by atoms with Crippen LogP contribution in [-0.2, 0) is 6.42 Å². The number of rotatable bonds is 4. The van der Waals surface area contributed by atoms with Crippen LogP contribution in [0.25, 0.3) is 0 Å². The highest BCUT2D eigenvalue weighted by Crippen LogP contribution is 2.35. The smallest absolute Gasteiger partial charge is 0.0608 e. The zero-order valence-corrected chi connectivity index (χ0v) is 11.0. The molecule has 1 nitrogen and oxygen atoms in total. The Balaban J connectivity index is 1.89. The summed E-state index contributed by atoms with van der Waals surface area (Å²) in [5, 5.41) is 10.3. The van der Waals surface area contributed by atoms with E-state index < -0.39 is 0 Å². The van der Waals surface area contributed by atoms with Crippen LogP contribution in [-0.4, -0.2) is 11.2 Å².